The molecule has 0 aliphatic carbocycles. The molecule has 1 aliphatic heterocycles. The Morgan fingerprint density at radius 3 is 2.90 bits per heavy atom. The van der Waals surface area contributed by atoms with Gasteiger partial charge in [0.2, 0.25) is 0 Å². The van der Waals surface area contributed by atoms with E-state index in [1.807, 2.05) is 36.4 Å². The number of aromatic nitrogens is 2. The van der Waals surface area contributed by atoms with E-state index in [9.17, 15) is 0 Å². The van der Waals surface area contributed by atoms with Crippen LogP contribution < -0.4 is 20.1 Å². The largest absolute Gasteiger partial charge is 0.493 e. The molecule has 3 aromatic rings. The first-order chi connectivity index (χ1) is 14.7. The minimum Gasteiger partial charge on any atom is -0.493 e. The predicted molar refractivity (Wildman–Crippen MR) is 118 cm³/mol. The van der Waals surface area contributed by atoms with Gasteiger partial charge in [-0.2, -0.15) is 0 Å². The smallest absolute Gasteiger partial charge is 0.162 e. The van der Waals surface area contributed by atoms with Gasteiger partial charge in [-0.25, -0.2) is 9.97 Å². The van der Waals surface area contributed by atoms with Crippen molar-refractivity contribution in [3.63, 3.8) is 0 Å². The number of benzene rings is 2. The third-order valence-electron chi connectivity index (χ3n) is 5.09. The van der Waals surface area contributed by atoms with Crippen molar-refractivity contribution in [2.24, 2.45) is 0 Å². The molecule has 8 heteroatoms. The maximum atomic E-state index is 6.39. The molecule has 1 aliphatic rings. The molecule has 0 spiro atoms. The Kier molecular flexibility index (Phi) is 6.52. The predicted octanol–water partition coefficient (Wildman–Crippen LogP) is 4.18. The van der Waals surface area contributed by atoms with Crippen LogP contribution in [0.1, 0.15) is 13.3 Å². The van der Waals surface area contributed by atoms with Gasteiger partial charge in [-0.1, -0.05) is 24.6 Å². The number of nitrogens with one attached hydrogen (secondary N) is 2. The Bertz CT molecular complexity index is 1010. The van der Waals surface area contributed by atoms with Gasteiger partial charge in [0.05, 0.1) is 31.9 Å². The molecule has 2 unspecified atom stereocenters. The molecule has 0 amide bonds. The standard InChI is InChI=1S/C22H25ClN4O3/c1-3-19(18-12-29-8-7-24-18)30-21-10-16-17(11-20(21)28-2)25-13-26-22(16)27-15-6-4-5-14(23)9-15/h4-6,9-11,13,18-19,24H,3,7-8,12H2,1-2H3,(H,25,26,27). The third-order valence-corrected chi connectivity index (χ3v) is 5.32. The fraction of sp³-hybridized carbons (Fsp3) is 0.364. The number of methoxy groups -OCH3 is 1. The van der Waals surface area contributed by atoms with Crippen molar-refractivity contribution in [1.82, 2.24) is 15.3 Å². The normalized spacial score (nSPS) is 17.5. The third kappa shape index (κ3) is 4.59. The molecule has 0 radical (unpaired) electrons. The lowest BCUT2D eigenvalue weighted by Crippen LogP contribution is -2.50. The summed E-state index contributed by atoms with van der Waals surface area (Å²) in [6, 6.07) is 11.4. The molecular weight excluding hydrogens is 404 g/mol. The summed E-state index contributed by atoms with van der Waals surface area (Å²) >= 11 is 6.12. The monoisotopic (exact) mass is 428 g/mol. The van der Waals surface area contributed by atoms with Crippen LogP contribution in [-0.4, -0.2) is 49.0 Å². The molecule has 158 valence electrons. The van der Waals surface area contributed by atoms with Crippen LogP contribution in [0.3, 0.4) is 0 Å². The number of fused-ring (bicyclic) bond motifs is 1. The molecule has 2 heterocycles. The quantitative estimate of drug-likeness (QED) is 0.584. The fourth-order valence-electron chi connectivity index (χ4n) is 3.56. The summed E-state index contributed by atoms with van der Waals surface area (Å²) in [5, 5.41) is 8.27. The molecule has 1 saturated heterocycles. The van der Waals surface area contributed by atoms with E-state index in [2.05, 4.69) is 27.5 Å². The van der Waals surface area contributed by atoms with Crippen LogP contribution in [0.5, 0.6) is 11.5 Å². The van der Waals surface area contributed by atoms with Crippen molar-refractivity contribution in [3.05, 3.63) is 47.7 Å². The van der Waals surface area contributed by atoms with Crippen LogP contribution >= 0.6 is 11.6 Å². The van der Waals surface area contributed by atoms with Gasteiger partial charge in [0.15, 0.2) is 11.5 Å². The lowest BCUT2D eigenvalue weighted by atomic mass is 10.1. The summed E-state index contributed by atoms with van der Waals surface area (Å²) in [6.07, 6.45) is 2.31. The topological polar surface area (TPSA) is 77.5 Å². The summed E-state index contributed by atoms with van der Waals surface area (Å²) in [6.45, 7) is 4.27. The van der Waals surface area contributed by atoms with Crippen LogP contribution in [0.15, 0.2) is 42.7 Å². The maximum absolute atomic E-state index is 6.39. The maximum Gasteiger partial charge on any atom is 0.162 e. The van der Waals surface area contributed by atoms with E-state index >= 15 is 0 Å². The molecule has 1 aromatic heterocycles. The van der Waals surface area contributed by atoms with Crippen LogP contribution in [0.2, 0.25) is 5.02 Å². The van der Waals surface area contributed by atoms with Gasteiger partial charge in [0, 0.05) is 28.7 Å². The Hall–Kier alpha value is -2.61. The van der Waals surface area contributed by atoms with Crippen molar-refractivity contribution in [2.75, 3.05) is 32.2 Å². The molecule has 4 rings (SSSR count). The fourth-order valence-corrected chi connectivity index (χ4v) is 3.75. The van der Waals surface area contributed by atoms with Gasteiger partial charge in [-0.05, 0) is 30.7 Å². The van der Waals surface area contributed by atoms with Crippen LogP contribution in [0.4, 0.5) is 11.5 Å². The number of hydrogen-bond acceptors (Lipinski definition) is 7. The molecule has 2 aromatic carbocycles. The highest BCUT2D eigenvalue weighted by Crippen LogP contribution is 2.36. The van der Waals surface area contributed by atoms with Crippen LogP contribution in [0.25, 0.3) is 10.9 Å². The Labute approximate surface area is 180 Å². The van der Waals surface area contributed by atoms with Crippen molar-refractivity contribution in [3.8, 4) is 11.5 Å². The van der Waals surface area contributed by atoms with E-state index in [-0.39, 0.29) is 12.1 Å². The summed E-state index contributed by atoms with van der Waals surface area (Å²) < 4.78 is 17.6. The molecule has 2 N–H and O–H groups in total. The van der Waals surface area contributed by atoms with E-state index in [4.69, 9.17) is 25.8 Å². The summed E-state index contributed by atoms with van der Waals surface area (Å²) in [4.78, 5) is 8.82. The summed E-state index contributed by atoms with van der Waals surface area (Å²) in [7, 11) is 1.63. The minimum absolute atomic E-state index is 0.0504. The highest BCUT2D eigenvalue weighted by molar-refractivity contribution is 6.30. The van der Waals surface area contributed by atoms with Crippen molar-refractivity contribution < 1.29 is 14.2 Å². The average molecular weight is 429 g/mol. The number of halogens is 1. The molecule has 0 bridgehead atoms. The molecule has 30 heavy (non-hydrogen) atoms. The minimum atomic E-state index is -0.0504. The van der Waals surface area contributed by atoms with Gasteiger partial charge in [0.1, 0.15) is 18.2 Å². The second kappa shape index (κ2) is 9.47. The number of morpholine rings is 1. The highest BCUT2D eigenvalue weighted by Gasteiger charge is 2.25. The summed E-state index contributed by atoms with van der Waals surface area (Å²) in [5.74, 6) is 1.94. The molecule has 7 nitrogen and oxygen atoms in total. The zero-order valence-corrected chi connectivity index (χ0v) is 17.8. The number of hydrogen-bond donors (Lipinski definition) is 2. The Morgan fingerprint density at radius 1 is 1.27 bits per heavy atom. The second-order valence-electron chi connectivity index (χ2n) is 7.08. The zero-order valence-electron chi connectivity index (χ0n) is 17.0. The van der Waals surface area contributed by atoms with E-state index in [1.165, 1.54) is 6.33 Å². The first-order valence-corrected chi connectivity index (χ1v) is 10.4. The molecule has 1 fully saturated rings. The second-order valence-corrected chi connectivity index (χ2v) is 7.51. The number of anilines is 2. The first kappa shape index (κ1) is 20.7. The van der Waals surface area contributed by atoms with Gasteiger partial charge >= 0.3 is 0 Å². The lowest BCUT2D eigenvalue weighted by molar-refractivity contribution is 0.0259. The van der Waals surface area contributed by atoms with E-state index in [0.717, 1.165) is 36.2 Å². The number of ether oxygens (including phenoxy) is 3. The Morgan fingerprint density at radius 2 is 2.17 bits per heavy atom. The van der Waals surface area contributed by atoms with Crippen LogP contribution in [0, 0.1) is 0 Å². The van der Waals surface area contributed by atoms with Gasteiger partial charge in [-0.15, -0.1) is 0 Å². The van der Waals surface area contributed by atoms with Gasteiger partial charge in [0.25, 0.3) is 0 Å². The van der Waals surface area contributed by atoms with E-state index in [0.29, 0.717) is 28.9 Å². The zero-order chi connectivity index (χ0) is 20.9. The number of nitrogens with zero attached hydrogens (tertiary/aromatic N) is 2. The van der Waals surface area contributed by atoms with Gasteiger partial charge < -0.3 is 24.8 Å². The van der Waals surface area contributed by atoms with Crippen molar-refractivity contribution >= 4 is 34.0 Å². The molecular formula is C22H25ClN4O3. The average Bonchev–Trinajstić information content (AvgIpc) is 2.78. The lowest BCUT2D eigenvalue weighted by Gasteiger charge is -2.31. The Balaban J connectivity index is 1.68. The first-order valence-electron chi connectivity index (χ1n) is 10.0. The van der Waals surface area contributed by atoms with Crippen molar-refractivity contribution in [2.45, 2.75) is 25.5 Å². The number of rotatable bonds is 7. The van der Waals surface area contributed by atoms with E-state index in [1.54, 1.807) is 7.11 Å². The molecule has 2 atom stereocenters. The van der Waals surface area contributed by atoms with Crippen LogP contribution in [-0.2, 0) is 4.74 Å². The highest BCUT2D eigenvalue weighted by atomic mass is 35.5. The summed E-state index contributed by atoms with van der Waals surface area (Å²) in [5.41, 5.74) is 1.60. The van der Waals surface area contributed by atoms with Crippen molar-refractivity contribution in [1.29, 1.82) is 0 Å². The molecule has 0 saturated carbocycles. The van der Waals surface area contributed by atoms with Gasteiger partial charge in [-0.3, -0.25) is 0 Å². The van der Waals surface area contributed by atoms with E-state index < -0.39 is 0 Å². The SMILES string of the molecule is CCC(Oc1cc2c(Nc3cccc(Cl)c3)ncnc2cc1OC)C1COCCN1.